The number of imidazole rings is 1. The molecule has 1 aliphatic heterocycles. The second-order valence-electron chi connectivity index (χ2n) is 9.14. The van der Waals surface area contributed by atoms with E-state index in [0.29, 0.717) is 48.9 Å². The summed E-state index contributed by atoms with van der Waals surface area (Å²) in [4.78, 5) is 13.7. The van der Waals surface area contributed by atoms with E-state index in [0.717, 1.165) is 11.1 Å². The number of ether oxygens (including phenoxy) is 1. The summed E-state index contributed by atoms with van der Waals surface area (Å²) in [5.74, 6) is 1.22. The third-order valence-electron chi connectivity index (χ3n) is 6.49. The van der Waals surface area contributed by atoms with Crippen LogP contribution in [0.15, 0.2) is 54.9 Å². The van der Waals surface area contributed by atoms with Gasteiger partial charge in [0.2, 0.25) is 5.95 Å². The molecule has 4 atom stereocenters. The highest BCUT2D eigenvalue weighted by molar-refractivity contribution is 5.84. The van der Waals surface area contributed by atoms with E-state index < -0.39 is 31.1 Å². The highest BCUT2D eigenvalue weighted by atomic mass is 16.6. The molecule has 4 aromatic rings. The molecule has 38 heavy (non-hydrogen) atoms. The van der Waals surface area contributed by atoms with Crippen molar-refractivity contribution in [1.29, 1.82) is 0 Å². The molecule has 5 rings (SSSR count). The van der Waals surface area contributed by atoms with E-state index in [9.17, 15) is 25.5 Å². The Bertz CT molecular complexity index is 1360. The van der Waals surface area contributed by atoms with E-state index in [1.807, 2.05) is 24.3 Å². The van der Waals surface area contributed by atoms with Gasteiger partial charge in [0.1, 0.15) is 29.8 Å². The predicted octanol–water partition coefficient (Wildman–Crippen LogP) is 1.16. The molecule has 12 heteroatoms. The third-order valence-corrected chi connectivity index (χ3v) is 6.49. The number of aliphatic hydroxyl groups excluding tert-OH is 3. The first kappa shape index (κ1) is 25.7. The molecule has 0 saturated carbocycles. The first-order valence-electron chi connectivity index (χ1n) is 12.3. The minimum absolute atomic E-state index is 0.205. The lowest BCUT2D eigenvalue weighted by Gasteiger charge is -2.17. The van der Waals surface area contributed by atoms with Crippen LogP contribution in [-0.2, 0) is 17.6 Å². The van der Waals surface area contributed by atoms with E-state index in [-0.39, 0.29) is 11.5 Å². The van der Waals surface area contributed by atoms with Gasteiger partial charge in [-0.3, -0.25) is 4.57 Å². The van der Waals surface area contributed by atoms with Gasteiger partial charge in [0.15, 0.2) is 23.2 Å². The van der Waals surface area contributed by atoms with Gasteiger partial charge in [0.25, 0.3) is 0 Å². The molecule has 1 saturated heterocycles. The number of anilines is 2. The minimum Gasteiger partial charge on any atom is -0.508 e. The van der Waals surface area contributed by atoms with Gasteiger partial charge in [0, 0.05) is 13.1 Å². The van der Waals surface area contributed by atoms with Crippen molar-refractivity contribution >= 4 is 22.9 Å². The highest BCUT2D eigenvalue weighted by Crippen LogP contribution is 2.32. The van der Waals surface area contributed by atoms with Crippen molar-refractivity contribution in [2.75, 3.05) is 30.3 Å². The molecule has 12 nitrogen and oxygen atoms in total. The molecule has 3 heterocycles. The fraction of sp³-hybridized carbons (Fsp3) is 0.346. The van der Waals surface area contributed by atoms with Crippen LogP contribution in [-0.4, -0.2) is 83.1 Å². The number of aliphatic hydroxyl groups is 3. The first-order chi connectivity index (χ1) is 18.4. The topological polar surface area (TPSA) is 178 Å². The number of nitrogens with one attached hydrogen (secondary N) is 2. The van der Waals surface area contributed by atoms with Crippen LogP contribution in [0, 0.1) is 0 Å². The molecule has 200 valence electrons. The van der Waals surface area contributed by atoms with Gasteiger partial charge in [0.05, 0.1) is 12.9 Å². The van der Waals surface area contributed by atoms with Crippen molar-refractivity contribution < 1.29 is 30.3 Å². The van der Waals surface area contributed by atoms with Gasteiger partial charge in [-0.05, 0) is 48.2 Å². The number of nitrogens with zero attached hydrogens (tertiary/aromatic N) is 4. The summed E-state index contributed by atoms with van der Waals surface area (Å²) in [6.07, 6.45) is -1.65. The molecule has 1 fully saturated rings. The number of phenolic OH excluding ortho intramolecular Hbond substituents is 2. The maximum absolute atomic E-state index is 10.6. The average molecular weight is 523 g/mol. The first-order valence-corrected chi connectivity index (χ1v) is 12.3. The maximum atomic E-state index is 10.6. The fourth-order valence-electron chi connectivity index (χ4n) is 4.38. The number of hydrogen-bond donors (Lipinski definition) is 7. The Morgan fingerprint density at radius 1 is 0.816 bits per heavy atom. The fourth-order valence-corrected chi connectivity index (χ4v) is 4.38. The van der Waals surface area contributed by atoms with Crippen LogP contribution in [0.4, 0.5) is 11.8 Å². The molecular formula is C26H30N6O6. The van der Waals surface area contributed by atoms with Crippen LogP contribution in [0.5, 0.6) is 11.5 Å². The van der Waals surface area contributed by atoms with Crippen molar-refractivity contribution in [3.05, 3.63) is 66.0 Å². The number of aromatic hydroxyl groups is 2. The van der Waals surface area contributed by atoms with E-state index in [4.69, 9.17) is 4.74 Å². The summed E-state index contributed by atoms with van der Waals surface area (Å²) >= 11 is 0. The minimum atomic E-state index is -1.28. The highest BCUT2D eigenvalue weighted by Gasteiger charge is 2.44. The molecule has 0 bridgehead atoms. The summed E-state index contributed by atoms with van der Waals surface area (Å²) < 4.78 is 7.22. The molecule has 0 amide bonds. The zero-order valence-electron chi connectivity index (χ0n) is 20.5. The van der Waals surface area contributed by atoms with Crippen molar-refractivity contribution in [3.63, 3.8) is 0 Å². The monoisotopic (exact) mass is 522 g/mol. The quantitative estimate of drug-likeness (QED) is 0.159. The second kappa shape index (κ2) is 11.2. The van der Waals surface area contributed by atoms with Crippen molar-refractivity contribution in [1.82, 2.24) is 19.5 Å². The van der Waals surface area contributed by atoms with Crippen molar-refractivity contribution in [2.45, 2.75) is 37.4 Å². The Balaban J connectivity index is 1.39. The lowest BCUT2D eigenvalue weighted by atomic mass is 10.1. The largest absolute Gasteiger partial charge is 0.508 e. The van der Waals surface area contributed by atoms with Gasteiger partial charge < -0.3 is 40.9 Å². The van der Waals surface area contributed by atoms with E-state index in [2.05, 4.69) is 25.6 Å². The SMILES string of the molecule is OC[C@H]1O[C@@H](n2cnc3c(NCCc4ccc(O)cc4)nc(NCCc4ccc(O)cc4)nc32)[C@H](O)[C@@H]1O. The van der Waals surface area contributed by atoms with Crippen LogP contribution in [0.25, 0.3) is 11.2 Å². The van der Waals surface area contributed by atoms with Gasteiger partial charge in [-0.25, -0.2) is 4.98 Å². The number of hydrogen-bond acceptors (Lipinski definition) is 11. The zero-order chi connectivity index (χ0) is 26.6. The number of phenols is 2. The molecule has 2 aromatic carbocycles. The van der Waals surface area contributed by atoms with Crippen LogP contribution < -0.4 is 10.6 Å². The van der Waals surface area contributed by atoms with E-state index in [1.54, 1.807) is 24.3 Å². The molecule has 0 aliphatic carbocycles. The van der Waals surface area contributed by atoms with Crippen LogP contribution in [0.2, 0.25) is 0 Å². The molecule has 1 aliphatic rings. The van der Waals surface area contributed by atoms with Crippen molar-refractivity contribution in [3.8, 4) is 11.5 Å². The van der Waals surface area contributed by atoms with Crippen molar-refractivity contribution in [2.24, 2.45) is 0 Å². The number of rotatable bonds is 10. The third kappa shape index (κ3) is 5.48. The van der Waals surface area contributed by atoms with Crippen LogP contribution >= 0.6 is 0 Å². The predicted molar refractivity (Wildman–Crippen MR) is 139 cm³/mol. The molecule has 7 N–H and O–H groups in total. The molecular weight excluding hydrogens is 492 g/mol. The molecule has 0 radical (unpaired) electrons. The summed E-state index contributed by atoms with van der Waals surface area (Å²) in [5.41, 5.74) is 2.90. The Kier molecular flexibility index (Phi) is 7.56. The van der Waals surface area contributed by atoms with Gasteiger partial charge in [-0.2, -0.15) is 9.97 Å². The van der Waals surface area contributed by atoms with Gasteiger partial charge in [-0.15, -0.1) is 0 Å². The summed E-state index contributed by atoms with van der Waals surface area (Å²) in [5, 5.41) is 55.8. The lowest BCUT2D eigenvalue weighted by Crippen LogP contribution is -2.33. The standard InChI is InChI=1S/C26H30N6O6/c33-13-19-21(36)22(37)25(38-19)32-14-29-20-23(27-11-9-15-1-5-17(34)6-2-15)30-26(31-24(20)32)28-12-10-16-3-7-18(35)8-4-16/h1-8,14,19,21-22,25,33-37H,9-13H2,(H2,27,28,30,31)/t19-,21-,22-,25-/m1/s1. The number of fused-ring (bicyclic) bond motifs is 1. The van der Waals surface area contributed by atoms with Gasteiger partial charge >= 0.3 is 0 Å². The number of benzene rings is 2. The summed E-state index contributed by atoms with van der Waals surface area (Å²) in [6, 6.07) is 13.9. The summed E-state index contributed by atoms with van der Waals surface area (Å²) in [7, 11) is 0. The Morgan fingerprint density at radius 2 is 1.42 bits per heavy atom. The Morgan fingerprint density at radius 3 is 2.00 bits per heavy atom. The normalized spacial score (nSPS) is 21.1. The summed E-state index contributed by atoms with van der Waals surface area (Å²) in [6.45, 7) is 0.611. The lowest BCUT2D eigenvalue weighted by molar-refractivity contribution is -0.0511. The molecule has 0 unspecified atom stereocenters. The maximum Gasteiger partial charge on any atom is 0.226 e. The zero-order valence-corrected chi connectivity index (χ0v) is 20.5. The van der Waals surface area contributed by atoms with E-state index >= 15 is 0 Å². The van der Waals surface area contributed by atoms with Crippen LogP contribution in [0.3, 0.4) is 0 Å². The Labute approximate surface area is 218 Å². The number of aromatic nitrogens is 4. The molecule has 2 aromatic heterocycles. The second-order valence-corrected chi connectivity index (χ2v) is 9.14. The van der Waals surface area contributed by atoms with Gasteiger partial charge in [-0.1, -0.05) is 24.3 Å². The average Bonchev–Trinajstić information content (AvgIpc) is 3.46. The molecule has 0 spiro atoms. The van der Waals surface area contributed by atoms with Crippen LogP contribution in [0.1, 0.15) is 17.4 Å². The van der Waals surface area contributed by atoms with E-state index in [1.165, 1.54) is 10.9 Å². The smallest absolute Gasteiger partial charge is 0.226 e. The Hall–Kier alpha value is -3.97.